The Labute approximate surface area is 168 Å². The fourth-order valence-electron chi connectivity index (χ4n) is 2.86. The van der Waals surface area contributed by atoms with Crippen molar-refractivity contribution < 1.29 is 28.8 Å². The molecule has 2 rings (SSSR count). The third-order valence-corrected chi connectivity index (χ3v) is 4.44. The van der Waals surface area contributed by atoms with E-state index in [0.29, 0.717) is 0 Å². The van der Waals surface area contributed by atoms with Crippen LogP contribution in [0.4, 0.5) is 5.69 Å². The van der Waals surface area contributed by atoms with Gasteiger partial charge in [-0.05, 0) is 25.5 Å². The van der Waals surface area contributed by atoms with E-state index in [1.54, 1.807) is 0 Å². The van der Waals surface area contributed by atoms with Gasteiger partial charge in [-0.3, -0.25) is 24.5 Å². The van der Waals surface area contributed by atoms with Gasteiger partial charge < -0.3 is 19.7 Å². The normalized spacial score (nSPS) is 17.2. The van der Waals surface area contributed by atoms with E-state index < -0.39 is 34.9 Å². The highest BCUT2D eigenvalue weighted by molar-refractivity contribution is 5.93. The molecule has 1 saturated heterocycles. The number of carbonyl (C=O) groups excluding carboxylic acids is 3. The minimum Gasteiger partial charge on any atom is -0.481 e. The minimum atomic E-state index is -0.965. The number of esters is 1. The quantitative estimate of drug-likeness (QED) is 0.284. The number of amides is 2. The van der Waals surface area contributed by atoms with Crippen LogP contribution in [-0.2, 0) is 19.1 Å². The van der Waals surface area contributed by atoms with Crippen molar-refractivity contribution in [1.29, 1.82) is 0 Å². The molecule has 0 radical (unpaired) electrons. The van der Waals surface area contributed by atoms with Gasteiger partial charge >= 0.3 is 5.97 Å². The second-order valence-corrected chi connectivity index (χ2v) is 6.63. The molecule has 0 aliphatic carbocycles. The van der Waals surface area contributed by atoms with Gasteiger partial charge in [-0.25, -0.2) is 0 Å². The van der Waals surface area contributed by atoms with E-state index in [9.17, 15) is 24.5 Å². The molecule has 0 saturated carbocycles. The van der Waals surface area contributed by atoms with Crippen LogP contribution in [0.3, 0.4) is 0 Å². The van der Waals surface area contributed by atoms with Gasteiger partial charge in [0.25, 0.3) is 11.6 Å². The minimum absolute atomic E-state index is 0.0920. The third-order valence-electron chi connectivity index (χ3n) is 4.44. The zero-order chi connectivity index (χ0) is 21.4. The van der Waals surface area contributed by atoms with Crippen LogP contribution in [-0.4, -0.2) is 59.4 Å². The molecule has 10 heteroatoms. The number of nitro benzene ring substituents is 1. The maximum atomic E-state index is 12.8. The Bertz CT molecular complexity index is 751. The Morgan fingerprint density at radius 3 is 2.66 bits per heavy atom. The number of hydrogen-bond acceptors (Lipinski definition) is 7. The van der Waals surface area contributed by atoms with Crippen LogP contribution in [0.2, 0.25) is 0 Å². The Morgan fingerprint density at radius 2 is 2.03 bits per heavy atom. The van der Waals surface area contributed by atoms with Crippen molar-refractivity contribution in [1.82, 2.24) is 10.2 Å². The van der Waals surface area contributed by atoms with Crippen LogP contribution in [0.5, 0.6) is 5.75 Å². The number of hydrogen-bond donors (Lipinski definition) is 1. The summed E-state index contributed by atoms with van der Waals surface area (Å²) in [6, 6.07) is 4.38. The number of carbonyl (C=O) groups is 3. The molecule has 2 atom stereocenters. The first-order chi connectivity index (χ1) is 13.8. The van der Waals surface area contributed by atoms with E-state index in [4.69, 9.17) is 9.47 Å². The van der Waals surface area contributed by atoms with Crippen molar-refractivity contribution >= 4 is 23.5 Å². The lowest BCUT2D eigenvalue weighted by atomic mass is 10.1. The predicted octanol–water partition coefficient (Wildman–Crippen LogP) is 1.42. The summed E-state index contributed by atoms with van der Waals surface area (Å²) in [4.78, 5) is 48.6. The van der Waals surface area contributed by atoms with E-state index >= 15 is 0 Å². The molecule has 2 amide bonds. The van der Waals surface area contributed by atoms with Gasteiger partial charge in [0.1, 0.15) is 11.8 Å². The Morgan fingerprint density at radius 1 is 1.34 bits per heavy atom. The number of nitro groups is 1. The molecule has 10 nitrogen and oxygen atoms in total. The molecule has 0 spiro atoms. The Hall–Kier alpha value is -3.17. The standard InChI is InChI=1S/C19H25N3O7/c1-3-4-11-28-17(23)12-16-18(24)20-9-10-21(16)19(25)13(2)29-15-7-5-14(6-8-15)22(26)27/h5-8,13,16H,3-4,9-12H2,1-2H3,(H,20,24)/t13-,16+/m0/s1. The first-order valence-electron chi connectivity index (χ1n) is 9.48. The lowest BCUT2D eigenvalue weighted by Crippen LogP contribution is -2.60. The third kappa shape index (κ3) is 6.16. The number of piperazine rings is 1. The van der Waals surface area contributed by atoms with Crippen LogP contribution in [0.1, 0.15) is 33.1 Å². The molecule has 1 fully saturated rings. The van der Waals surface area contributed by atoms with E-state index in [2.05, 4.69) is 5.32 Å². The molecule has 1 aromatic rings. The first kappa shape index (κ1) is 22.1. The van der Waals surface area contributed by atoms with Gasteiger partial charge in [-0.2, -0.15) is 0 Å². The molecule has 0 unspecified atom stereocenters. The highest BCUT2D eigenvalue weighted by atomic mass is 16.6. The van der Waals surface area contributed by atoms with Crippen molar-refractivity contribution in [3.8, 4) is 5.75 Å². The summed E-state index contributed by atoms with van der Waals surface area (Å²) in [5, 5.41) is 13.4. The molecule has 1 aliphatic rings. The first-order valence-corrected chi connectivity index (χ1v) is 9.48. The number of unbranched alkanes of at least 4 members (excludes halogenated alkanes) is 1. The van der Waals surface area contributed by atoms with Crippen LogP contribution < -0.4 is 10.1 Å². The number of ether oxygens (including phenoxy) is 2. The van der Waals surface area contributed by atoms with E-state index in [-0.39, 0.29) is 37.6 Å². The highest BCUT2D eigenvalue weighted by Crippen LogP contribution is 2.20. The van der Waals surface area contributed by atoms with Gasteiger partial charge in [-0.15, -0.1) is 0 Å². The van der Waals surface area contributed by atoms with E-state index in [0.717, 1.165) is 12.8 Å². The van der Waals surface area contributed by atoms with Crippen molar-refractivity contribution in [2.75, 3.05) is 19.7 Å². The SMILES string of the molecule is CCCCOC(=O)C[C@@H]1C(=O)NCCN1C(=O)[C@H](C)Oc1ccc([N+](=O)[O-])cc1. The summed E-state index contributed by atoms with van der Waals surface area (Å²) in [7, 11) is 0. The van der Waals surface area contributed by atoms with Gasteiger partial charge in [0.05, 0.1) is 18.0 Å². The maximum Gasteiger partial charge on any atom is 0.308 e. The van der Waals surface area contributed by atoms with Gasteiger partial charge in [0.15, 0.2) is 6.10 Å². The summed E-state index contributed by atoms with van der Waals surface area (Å²) < 4.78 is 10.7. The van der Waals surface area contributed by atoms with Gasteiger partial charge in [0, 0.05) is 25.2 Å². The second-order valence-electron chi connectivity index (χ2n) is 6.63. The molecule has 1 N–H and O–H groups in total. The van der Waals surface area contributed by atoms with Crippen molar-refractivity contribution in [2.45, 2.75) is 45.3 Å². The number of non-ortho nitro benzene ring substituents is 1. The fourth-order valence-corrected chi connectivity index (χ4v) is 2.86. The zero-order valence-electron chi connectivity index (χ0n) is 16.5. The highest BCUT2D eigenvalue weighted by Gasteiger charge is 2.37. The summed E-state index contributed by atoms with van der Waals surface area (Å²) in [5.41, 5.74) is -0.0920. The molecule has 158 valence electrons. The summed E-state index contributed by atoms with van der Waals surface area (Å²) >= 11 is 0. The van der Waals surface area contributed by atoms with Gasteiger partial charge in [-0.1, -0.05) is 13.3 Å². The van der Waals surface area contributed by atoms with Crippen molar-refractivity contribution in [3.05, 3.63) is 34.4 Å². The molecular weight excluding hydrogens is 382 g/mol. The van der Waals surface area contributed by atoms with Crippen molar-refractivity contribution in [3.63, 3.8) is 0 Å². The number of nitrogens with one attached hydrogen (secondary N) is 1. The van der Waals surface area contributed by atoms with Crippen LogP contribution in [0.15, 0.2) is 24.3 Å². The Kier molecular flexibility index (Phi) is 7.93. The van der Waals surface area contributed by atoms with Crippen LogP contribution in [0.25, 0.3) is 0 Å². The lowest BCUT2D eigenvalue weighted by Gasteiger charge is -2.36. The van der Waals surface area contributed by atoms with E-state index in [1.165, 1.54) is 36.1 Å². The van der Waals surface area contributed by atoms with Crippen LogP contribution in [0, 0.1) is 10.1 Å². The molecular formula is C19H25N3O7. The predicted molar refractivity (Wildman–Crippen MR) is 102 cm³/mol. The molecule has 1 aromatic carbocycles. The van der Waals surface area contributed by atoms with Crippen molar-refractivity contribution in [2.24, 2.45) is 0 Å². The average molecular weight is 407 g/mol. The monoisotopic (exact) mass is 407 g/mol. The summed E-state index contributed by atoms with van der Waals surface area (Å²) in [6.45, 7) is 4.28. The van der Waals surface area contributed by atoms with Crippen LogP contribution >= 0.6 is 0 Å². The number of benzene rings is 1. The fraction of sp³-hybridized carbons (Fsp3) is 0.526. The molecule has 0 aromatic heterocycles. The average Bonchev–Trinajstić information content (AvgIpc) is 2.69. The maximum absolute atomic E-state index is 12.8. The molecule has 1 heterocycles. The van der Waals surface area contributed by atoms with Gasteiger partial charge in [0.2, 0.25) is 5.91 Å². The smallest absolute Gasteiger partial charge is 0.308 e. The molecule has 1 aliphatic heterocycles. The van der Waals surface area contributed by atoms with E-state index in [1.807, 2.05) is 6.92 Å². The topological polar surface area (TPSA) is 128 Å². The largest absolute Gasteiger partial charge is 0.481 e. The zero-order valence-corrected chi connectivity index (χ0v) is 16.5. The summed E-state index contributed by atoms with van der Waals surface area (Å²) in [6.07, 6.45) is 0.428. The number of nitrogens with zero attached hydrogens (tertiary/aromatic N) is 2. The molecule has 0 bridgehead atoms. The number of rotatable bonds is 9. The Balaban J connectivity index is 2.01. The molecule has 29 heavy (non-hydrogen) atoms. The lowest BCUT2D eigenvalue weighted by molar-refractivity contribution is -0.384. The summed E-state index contributed by atoms with van der Waals surface area (Å²) in [5.74, 6) is -1.13. The second kappa shape index (κ2) is 10.4.